The molecule has 2 rings (SSSR count). The van der Waals surface area contributed by atoms with Crippen LogP contribution in [0.25, 0.3) is 0 Å². The lowest BCUT2D eigenvalue weighted by atomic mass is 10.1. The van der Waals surface area contributed by atoms with E-state index in [9.17, 15) is 13.2 Å². The maximum absolute atomic E-state index is 12.7. The van der Waals surface area contributed by atoms with Crippen molar-refractivity contribution in [3.8, 4) is 0 Å². The highest BCUT2D eigenvalue weighted by Crippen LogP contribution is 2.34. The number of hydrogen-bond donors (Lipinski definition) is 2. The fraction of sp³-hybridized carbons (Fsp3) is 0.133. The Morgan fingerprint density at radius 2 is 1.62 bits per heavy atom. The average molecular weight is 297 g/mol. The van der Waals surface area contributed by atoms with Gasteiger partial charge in [-0.3, -0.25) is 4.79 Å². The van der Waals surface area contributed by atoms with E-state index in [1.54, 1.807) is 18.2 Å². The summed E-state index contributed by atoms with van der Waals surface area (Å²) in [6, 6.07) is 13.3. The van der Waals surface area contributed by atoms with Gasteiger partial charge >= 0.3 is 6.18 Å². The molecule has 0 aromatic heterocycles. The van der Waals surface area contributed by atoms with Gasteiger partial charge in [-0.1, -0.05) is 24.3 Å². The van der Waals surface area contributed by atoms with Crippen LogP contribution in [0.15, 0.2) is 48.5 Å². The number of anilines is 2. The first-order valence-corrected chi connectivity index (χ1v) is 5.96. The van der Waals surface area contributed by atoms with Crippen LogP contribution in [-0.2, 0) is 11.0 Å². The molecule has 112 valence electrons. The number of carboxylic acid groups (broad SMARTS) is 1. The van der Waals surface area contributed by atoms with E-state index in [1.807, 2.05) is 18.2 Å². The third-order valence-electron chi connectivity index (χ3n) is 2.61. The van der Waals surface area contributed by atoms with E-state index >= 15 is 0 Å². The Morgan fingerprint density at radius 1 is 1.05 bits per heavy atom. The second-order valence-corrected chi connectivity index (χ2v) is 4.12. The normalized spacial score (nSPS) is 10.3. The molecule has 0 atom stereocenters. The summed E-state index contributed by atoms with van der Waals surface area (Å²) in [5.41, 5.74) is 0.804. The average Bonchev–Trinajstić information content (AvgIpc) is 2.42. The summed E-state index contributed by atoms with van der Waals surface area (Å²) < 4.78 is 38.2. The van der Waals surface area contributed by atoms with Crippen molar-refractivity contribution in [2.45, 2.75) is 13.1 Å². The molecule has 0 radical (unpaired) electrons. The molecule has 0 fully saturated rings. The topological polar surface area (TPSA) is 49.3 Å². The molecular formula is C15H14F3NO2. The Hall–Kier alpha value is -2.50. The Bertz CT molecular complexity index is 583. The molecule has 0 unspecified atom stereocenters. The van der Waals surface area contributed by atoms with Crippen LogP contribution in [0, 0.1) is 6.92 Å². The second kappa shape index (κ2) is 7.33. The van der Waals surface area contributed by atoms with Gasteiger partial charge in [0, 0.05) is 11.4 Å². The van der Waals surface area contributed by atoms with Crippen LogP contribution in [0.3, 0.4) is 0 Å². The predicted molar refractivity (Wildman–Crippen MR) is 74.6 cm³/mol. The minimum absolute atomic E-state index is 0.223. The molecule has 0 aliphatic rings. The largest absolute Gasteiger partial charge is 0.483 e. The molecule has 0 bridgehead atoms. The van der Waals surface area contributed by atoms with Crippen molar-refractivity contribution in [3.05, 3.63) is 59.7 Å². The maximum Gasteiger partial charge on any atom is 0.416 e. The van der Waals surface area contributed by atoms with Gasteiger partial charge in [-0.15, -0.1) is 0 Å². The van der Waals surface area contributed by atoms with Crippen LogP contribution in [0.2, 0.25) is 0 Å². The number of carbonyl (C=O) groups is 1. The smallest absolute Gasteiger partial charge is 0.416 e. The summed E-state index contributed by atoms with van der Waals surface area (Å²) in [5, 5.41) is 9.83. The van der Waals surface area contributed by atoms with Crippen LogP contribution in [0.1, 0.15) is 11.1 Å². The molecule has 0 saturated carbocycles. The molecule has 0 heterocycles. The van der Waals surface area contributed by atoms with E-state index in [0.717, 1.165) is 11.8 Å². The Balaban J connectivity index is 0.000000677. The fourth-order valence-corrected chi connectivity index (χ4v) is 1.69. The monoisotopic (exact) mass is 297 g/mol. The third kappa shape index (κ3) is 5.18. The van der Waals surface area contributed by atoms with Crippen molar-refractivity contribution in [2.24, 2.45) is 0 Å². The Labute approximate surface area is 120 Å². The first-order chi connectivity index (χ1) is 9.88. The fourth-order valence-electron chi connectivity index (χ4n) is 1.69. The minimum Gasteiger partial charge on any atom is -0.483 e. The van der Waals surface area contributed by atoms with Gasteiger partial charge in [0.2, 0.25) is 0 Å². The lowest BCUT2D eigenvalue weighted by Crippen LogP contribution is -2.08. The molecule has 21 heavy (non-hydrogen) atoms. The number of halogens is 3. The zero-order chi connectivity index (χ0) is 15.9. The second-order valence-electron chi connectivity index (χ2n) is 4.12. The number of aryl methyl sites for hydroxylation is 1. The summed E-state index contributed by atoms with van der Waals surface area (Å²) in [7, 11) is 0. The minimum atomic E-state index is -4.32. The molecule has 0 aliphatic heterocycles. The van der Waals surface area contributed by atoms with Gasteiger partial charge < -0.3 is 10.4 Å². The van der Waals surface area contributed by atoms with E-state index in [2.05, 4.69) is 5.32 Å². The molecule has 6 heteroatoms. The highest BCUT2D eigenvalue weighted by atomic mass is 19.4. The van der Waals surface area contributed by atoms with E-state index in [4.69, 9.17) is 9.90 Å². The van der Waals surface area contributed by atoms with Crippen LogP contribution in [0.4, 0.5) is 24.5 Å². The first-order valence-electron chi connectivity index (χ1n) is 5.96. The molecule has 2 N–H and O–H groups in total. The molecule has 2 aromatic carbocycles. The van der Waals surface area contributed by atoms with Gasteiger partial charge in [-0.2, -0.15) is 13.2 Å². The molecule has 0 aliphatic carbocycles. The summed E-state index contributed by atoms with van der Waals surface area (Å²) in [4.78, 5) is 8.36. The van der Waals surface area contributed by atoms with Crippen LogP contribution < -0.4 is 5.32 Å². The van der Waals surface area contributed by atoms with E-state index in [0.29, 0.717) is 5.69 Å². The van der Waals surface area contributed by atoms with E-state index in [1.165, 1.54) is 13.0 Å². The van der Waals surface area contributed by atoms with Crippen LogP contribution >= 0.6 is 0 Å². The lowest BCUT2D eigenvalue weighted by Gasteiger charge is -2.13. The van der Waals surface area contributed by atoms with Gasteiger partial charge in [0.05, 0.1) is 5.56 Å². The number of nitrogens with one attached hydrogen (secondary N) is 1. The highest BCUT2D eigenvalue weighted by molar-refractivity contribution is 5.61. The molecule has 0 saturated heterocycles. The summed E-state index contributed by atoms with van der Waals surface area (Å²) in [5.74, 6) is 0. The lowest BCUT2D eigenvalue weighted by molar-refractivity contribution is -0.138. The van der Waals surface area contributed by atoms with Gasteiger partial charge in [-0.25, -0.2) is 0 Å². The van der Waals surface area contributed by atoms with Gasteiger partial charge in [-0.05, 0) is 36.8 Å². The van der Waals surface area contributed by atoms with Crippen LogP contribution in [0.5, 0.6) is 0 Å². The SMILES string of the molecule is Cc1ccc(Nc2ccccc2)cc1C(F)(F)F.O=CO. The van der Waals surface area contributed by atoms with Crippen molar-refractivity contribution in [1.82, 2.24) is 0 Å². The number of rotatable bonds is 2. The van der Waals surface area contributed by atoms with Crippen molar-refractivity contribution >= 4 is 17.8 Å². The summed E-state index contributed by atoms with van der Waals surface area (Å²) in [6.07, 6.45) is -4.32. The predicted octanol–water partition coefficient (Wildman–Crippen LogP) is 4.46. The number of alkyl halides is 3. The van der Waals surface area contributed by atoms with Gasteiger partial charge in [0.25, 0.3) is 6.47 Å². The van der Waals surface area contributed by atoms with Gasteiger partial charge in [0.1, 0.15) is 0 Å². The summed E-state index contributed by atoms with van der Waals surface area (Å²) in [6.45, 7) is 1.20. The molecule has 0 amide bonds. The highest BCUT2D eigenvalue weighted by Gasteiger charge is 2.32. The molecule has 2 aromatic rings. The first kappa shape index (κ1) is 16.6. The van der Waals surface area contributed by atoms with Crippen molar-refractivity contribution in [2.75, 3.05) is 5.32 Å². The quantitative estimate of drug-likeness (QED) is 0.805. The zero-order valence-electron chi connectivity index (χ0n) is 11.2. The molecular weight excluding hydrogens is 283 g/mol. The van der Waals surface area contributed by atoms with E-state index < -0.39 is 11.7 Å². The summed E-state index contributed by atoms with van der Waals surface area (Å²) >= 11 is 0. The van der Waals surface area contributed by atoms with Crippen molar-refractivity contribution < 1.29 is 23.1 Å². The Kier molecular flexibility index (Phi) is 5.78. The van der Waals surface area contributed by atoms with Crippen molar-refractivity contribution in [1.29, 1.82) is 0 Å². The standard InChI is InChI=1S/C14H12F3N.CH2O2/c1-10-7-8-12(9-13(10)14(15,16)17)18-11-5-3-2-4-6-11;2-1-3/h2-9,18H,1H3;1H,(H,2,3). The third-order valence-corrected chi connectivity index (χ3v) is 2.61. The van der Waals surface area contributed by atoms with Gasteiger partial charge in [0.15, 0.2) is 0 Å². The van der Waals surface area contributed by atoms with E-state index in [-0.39, 0.29) is 12.0 Å². The van der Waals surface area contributed by atoms with Crippen LogP contribution in [-0.4, -0.2) is 11.6 Å². The Morgan fingerprint density at radius 3 is 2.14 bits per heavy atom. The molecule has 0 spiro atoms. The zero-order valence-corrected chi connectivity index (χ0v) is 11.2. The number of benzene rings is 2. The maximum atomic E-state index is 12.7. The number of hydrogen-bond acceptors (Lipinski definition) is 2. The molecule has 3 nitrogen and oxygen atoms in total. The van der Waals surface area contributed by atoms with Crippen molar-refractivity contribution in [3.63, 3.8) is 0 Å². The number of para-hydroxylation sites is 1.